The molecule has 0 spiro atoms. The number of nitrogens with zero attached hydrogens (tertiary/aromatic N) is 1. The zero-order valence-corrected chi connectivity index (χ0v) is 11.5. The topological polar surface area (TPSA) is 3.24 Å². The lowest BCUT2D eigenvalue weighted by molar-refractivity contribution is 0.243. The number of aryl methyl sites for hydroxylation is 1. The van der Waals surface area contributed by atoms with Crippen LogP contribution in [-0.4, -0.2) is 17.5 Å². The SMILES string of the molecule is CC.CCc1cccc2c1CN(C1CC1)CC2. The highest BCUT2D eigenvalue weighted by Gasteiger charge is 2.31. The Hall–Kier alpha value is -0.820. The molecule has 1 aliphatic carbocycles. The fourth-order valence-corrected chi connectivity index (χ4v) is 2.75. The van der Waals surface area contributed by atoms with E-state index in [0.717, 1.165) is 6.04 Å². The predicted octanol–water partition coefficient (Wildman–Crippen LogP) is 3.80. The Morgan fingerprint density at radius 2 is 2.00 bits per heavy atom. The first-order valence-electron chi connectivity index (χ1n) is 7.22. The van der Waals surface area contributed by atoms with E-state index in [1.54, 1.807) is 16.7 Å². The third-order valence-corrected chi connectivity index (χ3v) is 3.84. The molecule has 1 aromatic carbocycles. The van der Waals surface area contributed by atoms with Crippen LogP contribution in [0.2, 0.25) is 0 Å². The fourth-order valence-electron chi connectivity index (χ4n) is 2.75. The molecule has 0 bridgehead atoms. The van der Waals surface area contributed by atoms with Crippen LogP contribution in [-0.2, 0) is 19.4 Å². The van der Waals surface area contributed by atoms with Crippen molar-refractivity contribution < 1.29 is 0 Å². The summed E-state index contributed by atoms with van der Waals surface area (Å²) >= 11 is 0. The average molecular weight is 231 g/mol. The van der Waals surface area contributed by atoms with Crippen molar-refractivity contribution in [2.45, 2.75) is 59.0 Å². The van der Waals surface area contributed by atoms with Crippen LogP contribution in [0.3, 0.4) is 0 Å². The van der Waals surface area contributed by atoms with Crippen molar-refractivity contribution in [1.82, 2.24) is 4.90 Å². The summed E-state index contributed by atoms with van der Waals surface area (Å²) in [5, 5.41) is 0. The van der Waals surface area contributed by atoms with E-state index in [4.69, 9.17) is 0 Å². The van der Waals surface area contributed by atoms with Crippen molar-refractivity contribution in [1.29, 1.82) is 0 Å². The van der Waals surface area contributed by atoms with Crippen LogP contribution in [0.4, 0.5) is 0 Å². The molecule has 1 heteroatoms. The van der Waals surface area contributed by atoms with E-state index >= 15 is 0 Å². The summed E-state index contributed by atoms with van der Waals surface area (Å²) < 4.78 is 0. The minimum atomic E-state index is 0.920. The van der Waals surface area contributed by atoms with Gasteiger partial charge in [-0.05, 0) is 42.4 Å². The van der Waals surface area contributed by atoms with Crippen LogP contribution in [0.15, 0.2) is 18.2 Å². The summed E-state index contributed by atoms with van der Waals surface area (Å²) in [5.41, 5.74) is 4.81. The van der Waals surface area contributed by atoms with Gasteiger partial charge in [-0.25, -0.2) is 0 Å². The summed E-state index contributed by atoms with van der Waals surface area (Å²) in [6.45, 7) is 8.76. The van der Waals surface area contributed by atoms with Crippen LogP contribution >= 0.6 is 0 Å². The molecule has 1 nitrogen and oxygen atoms in total. The molecule has 17 heavy (non-hydrogen) atoms. The number of benzene rings is 1. The molecule has 94 valence electrons. The second kappa shape index (κ2) is 5.68. The zero-order chi connectivity index (χ0) is 12.3. The van der Waals surface area contributed by atoms with E-state index in [9.17, 15) is 0 Å². The van der Waals surface area contributed by atoms with Crippen LogP contribution in [0.1, 0.15) is 50.3 Å². The van der Waals surface area contributed by atoms with Crippen LogP contribution in [0.5, 0.6) is 0 Å². The third-order valence-electron chi connectivity index (χ3n) is 3.84. The van der Waals surface area contributed by atoms with Gasteiger partial charge in [-0.3, -0.25) is 4.90 Å². The molecule has 1 heterocycles. The molecular weight excluding hydrogens is 206 g/mol. The van der Waals surface area contributed by atoms with Gasteiger partial charge < -0.3 is 0 Å². The smallest absolute Gasteiger partial charge is 0.0242 e. The van der Waals surface area contributed by atoms with E-state index in [2.05, 4.69) is 30.0 Å². The number of rotatable bonds is 2. The van der Waals surface area contributed by atoms with Crippen LogP contribution in [0.25, 0.3) is 0 Å². The van der Waals surface area contributed by atoms with Crippen LogP contribution < -0.4 is 0 Å². The van der Waals surface area contributed by atoms with Gasteiger partial charge in [0, 0.05) is 19.1 Å². The minimum absolute atomic E-state index is 0.920. The lowest BCUT2D eigenvalue weighted by Crippen LogP contribution is -2.32. The molecule has 2 aliphatic rings. The second-order valence-corrected chi connectivity index (χ2v) is 4.86. The molecule has 0 aromatic heterocycles. The quantitative estimate of drug-likeness (QED) is 0.748. The summed E-state index contributed by atoms with van der Waals surface area (Å²) in [6.07, 6.45) is 5.31. The van der Waals surface area contributed by atoms with Gasteiger partial charge in [0.2, 0.25) is 0 Å². The highest BCUT2D eigenvalue weighted by Crippen LogP contribution is 2.32. The van der Waals surface area contributed by atoms with Crippen molar-refractivity contribution in [3.63, 3.8) is 0 Å². The van der Waals surface area contributed by atoms with E-state index in [1.807, 2.05) is 13.8 Å². The van der Waals surface area contributed by atoms with E-state index < -0.39 is 0 Å². The molecule has 0 atom stereocenters. The Morgan fingerprint density at radius 1 is 1.24 bits per heavy atom. The van der Waals surface area contributed by atoms with Gasteiger partial charge in [-0.15, -0.1) is 0 Å². The van der Waals surface area contributed by atoms with Gasteiger partial charge in [0.1, 0.15) is 0 Å². The van der Waals surface area contributed by atoms with E-state index in [-0.39, 0.29) is 0 Å². The molecule has 0 amide bonds. The molecule has 1 aromatic rings. The molecule has 0 radical (unpaired) electrons. The van der Waals surface area contributed by atoms with Crippen molar-refractivity contribution in [3.05, 3.63) is 34.9 Å². The Bertz CT molecular complexity index is 352. The van der Waals surface area contributed by atoms with E-state index in [0.29, 0.717) is 0 Å². The third kappa shape index (κ3) is 2.71. The van der Waals surface area contributed by atoms with Gasteiger partial charge in [0.15, 0.2) is 0 Å². The highest BCUT2D eigenvalue weighted by molar-refractivity contribution is 5.37. The molecule has 3 rings (SSSR count). The Morgan fingerprint density at radius 3 is 2.65 bits per heavy atom. The summed E-state index contributed by atoms with van der Waals surface area (Å²) in [6, 6.07) is 7.77. The molecule has 1 aliphatic heterocycles. The molecule has 0 saturated heterocycles. The number of fused-ring (bicyclic) bond motifs is 1. The minimum Gasteiger partial charge on any atom is -0.296 e. The Labute approximate surface area is 106 Å². The van der Waals surface area contributed by atoms with Crippen molar-refractivity contribution in [2.75, 3.05) is 6.54 Å². The Kier molecular flexibility index (Phi) is 4.22. The lowest BCUT2D eigenvalue weighted by atomic mass is 9.93. The summed E-state index contributed by atoms with van der Waals surface area (Å²) in [4.78, 5) is 2.68. The Balaban J connectivity index is 0.000000514. The molecular formula is C16H25N. The predicted molar refractivity (Wildman–Crippen MR) is 74.3 cm³/mol. The van der Waals surface area contributed by atoms with Crippen LogP contribution in [0, 0.1) is 0 Å². The molecule has 0 N–H and O–H groups in total. The number of hydrogen-bond acceptors (Lipinski definition) is 1. The average Bonchev–Trinajstić information content (AvgIpc) is 3.24. The molecule has 1 saturated carbocycles. The maximum atomic E-state index is 2.68. The maximum absolute atomic E-state index is 2.68. The lowest BCUT2D eigenvalue weighted by Gasteiger charge is -2.30. The standard InChI is InChI=1S/C14H19N.C2H6/c1-2-11-4-3-5-12-8-9-15(10-14(11)12)13-6-7-13;1-2/h3-5,13H,2,6-10H2,1H3;1-2H3. The first-order valence-corrected chi connectivity index (χ1v) is 7.22. The van der Waals surface area contributed by atoms with Gasteiger partial charge in [-0.2, -0.15) is 0 Å². The van der Waals surface area contributed by atoms with Crippen molar-refractivity contribution in [2.24, 2.45) is 0 Å². The largest absolute Gasteiger partial charge is 0.296 e. The first-order chi connectivity index (χ1) is 8.38. The highest BCUT2D eigenvalue weighted by atomic mass is 15.2. The molecule has 1 fully saturated rings. The summed E-state index contributed by atoms with van der Waals surface area (Å²) in [7, 11) is 0. The van der Waals surface area contributed by atoms with Gasteiger partial charge in [0.25, 0.3) is 0 Å². The zero-order valence-electron chi connectivity index (χ0n) is 11.5. The molecule has 0 unspecified atom stereocenters. The normalized spacial score (nSPS) is 19.2. The first kappa shape index (κ1) is 12.6. The van der Waals surface area contributed by atoms with E-state index in [1.165, 1.54) is 38.8 Å². The fraction of sp³-hybridized carbons (Fsp3) is 0.625. The van der Waals surface area contributed by atoms with Gasteiger partial charge >= 0.3 is 0 Å². The monoisotopic (exact) mass is 231 g/mol. The second-order valence-electron chi connectivity index (χ2n) is 4.86. The maximum Gasteiger partial charge on any atom is 0.0242 e. The van der Waals surface area contributed by atoms with Crippen molar-refractivity contribution >= 4 is 0 Å². The van der Waals surface area contributed by atoms with Gasteiger partial charge in [-0.1, -0.05) is 39.0 Å². The number of hydrogen-bond donors (Lipinski definition) is 0. The summed E-state index contributed by atoms with van der Waals surface area (Å²) in [5.74, 6) is 0. The van der Waals surface area contributed by atoms with Gasteiger partial charge in [0.05, 0.1) is 0 Å². The van der Waals surface area contributed by atoms with Crippen molar-refractivity contribution in [3.8, 4) is 0 Å².